The zero-order valence-corrected chi connectivity index (χ0v) is 68.6. The molecule has 26 N–H and O–H groups in total. The number of aromatic amines is 1. The summed E-state index contributed by atoms with van der Waals surface area (Å²) in [5.41, 5.74) is 17.2. The number of benzene rings is 3. The van der Waals surface area contributed by atoms with E-state index in [1.807, 2.05) is 16.0 Å². The Hall–Kier alpha value is -14.2. The number of para-hydroxylation sites is 2. The number of anilines is 2. The molecule has 13 atom stereocenters. The largest absolute Gasteiger partial charge is 0.481 e. The topological polar surface area (TPSA) is 731 Å². The van der Waals surface area contributed by atoms with E-state index in [1.54, 1.807) is 30.5 Å². The number of hydrogen-bond donors (Lipinski definition) is 23. The summed E-state index contributed by atoms with van der Waals surface area (Å²) < 4.78 is 20.5. The molecule has 0 radical (unpaired) electrons. The number of ether oxygens (including phenoxy) is 1. The molecule has 0 aliphatic carbocycles. The van der Waals surface area contributed by atoms with Crippen LogP contribution in [-0.2, 0) is 102 Å². The first-order valence-electron chi connectivity index (χ1n) is 39.7. The van der Waals surface area contributed by atoms with E-state index in [-0.39, 0.29) is 36.2 Å². The number of carbonyl (C=O) groups excluding carboxylic acids is 17. The normalized spacial score (nSPS) is 20.4. The van der Waals surface area contributed by atoms with Gasteiger partial charge in [-0.1, -0.05) is 88.8 Å². The van der Waals surface area contributed by atoms with Crippen LogP contribution in [-0.4, -0.2) is 254 Å². The average Bonchev–Trinajstić information content (AvgIpc) is 1.58. The number of nitrogen functional groups attached to an aromatic ring is 2. The van der Waals surface area contributed by atoms with Gasteiger partial charge >= 0.3 is 29.8 Å². The Morgan fingerprint density at radius 2 is 1.10 bits per heavy atom. The van der Waals surface area contributed by atoms with E-state index in [9.17, 15) is 131 Å². The maximum Gasteiger partial charge on any atom is 0.329 e. The van der Waals surface area contributed by atoms with E-state index in [4.69, 9.17) is 21.9 Å². The van der Waals surface area contributed by atoms with Crippen molar-refractivity contribution in [1.82, 2.24) is 79.4 Å². The van der Waals surface area contributed by atoms with E-state index < -0.39 is 285 Å². The smallest absolute Gasteiger partial charge is 0.329 e. The van der Waals surface area contributed by atoms with E-state index in [0.717, 1.165) is 58.9 Å². The molecule has 2 heterocycles. The van der Waals surface area contributed by atoms with Crippen LogP contribution in [0.25, 0.3) is 10.9 Å². The number of nitrogens with one attached hydrogen (secondary N) is 15. The van der Waals surface area contributed by atoms with E-state index in [2.05, 4.69) is 70.4 Å². The van der Waals surface area contributed by atoms with Gasteiger partial charge in [0.05, 0.1) is 57.4 Å². The lowest BCUT2D eigenvalue weighted by Crippen LogP contribution is -2.62. The minimum absolute atomic E-state index is 0.0400. The number of amides is 15. The number of hydrogen-bond acceptors (Lipinski definition) is 25. The molecule has 0 saturated carbocycles. The van der Waals surface area contributed by atoms with Crippen LogP contribution >= 0.6 is 0 Å². The maximum atomic E-state index is 15.0. The van der Waals surface area contributed by atoms with Crippen LogP contribution in [0.4, 0.5) is 15.8 Å². The summed E-state index contributed by atoms with van der Waals surface area (Å²) in [5, 5.41) is 81.2. The fraction of sp³-hybridized carbons (Fsp3) is 0.481. The Labute approximate surface area is 712 Å². The number of aliphatic hydroxyl groups excluding tert-OH is 1. The summed E-state index contributed by atoms with van der Waals surface area (Å²) >= 11 is 0. The van der Waals surface area contributed by atoms with Gasteiger partial charge in [-0.05, 0) is 74.9 Å². The Morgan fingerprint density at radius 1 is 0.544 bits per heavy atom. The van der Waals surface area contributed by atoms with E-state index in [1.165, 1.54) is 36.4 Å². The number of nitrogens with two attached hydrogens (primary N) is 3. The van der Waals surface area contributed by atoms with Gasteiger partial charge in [0.25, 0.3) is 5.91 Å². The molecule has 1 aromatic heterocycles. The van der Waals surface area contributed by atoms with Crippen molar-refractivity contribution in [1.29, 1.82) is 0 Å². The van der Waals surface area contributed by atoms with Crippen LogP contribution in [0.15, 0.2) is 72.9 Å². The molecule has 1 aliphatic heterocycles. The summed E-state index contributed by atoms with van der Waals surface area (Å²) in [6.07, 6.45) is -3.39. The van der Waals surface area contributed by atoms with Crippen molar-refractivity contribution in [3.8, 4) is 0 Å². The van der Waals surface area contributed by atoms with Crippen molar-refractivity contribution in [2.45, 2.75) is 209 Å². The van der Waals surface area contributed by atoms with Gasteiger partial charge in [0.15, 0.2) is 5.78 Å². The third-order valence-corrected chi connectivity index (χ3v) is 19.4. The number of rotatable bonds is 37. The summed E-state index contributed by atoms with van der Waals surface area (Å²) in [4.78, 5) is 292. The molecular weight excluding hydrogens is 1650 g/mol. The average molecular weight is 1760 g/mol. The SMILES string of the molecule is CCCCCCCCCC(=O)N[C@@H](Cc1c[nH]c2ccccc12)C(=O)N[C@@H](CC(N)=O)C(=O)N[C@@H](CC(=O)O)C(=O)NC1C(=O)NCC(=O)N[C@@H](CCCNC(=O)c2c(N)cccc2F)C(=O)NC(CC(=O)O)C(=O)N[C@H](C)C(=O)N[C@@H](CC(=O)O)C(=O)NCC(=O)N[C@H](CO)C(=O)NC([C@H](C)CC(=O)O)C(=O)N[C@@H](CC(=O)c2ccccc2N)C(=O)OC1C. The minimum atomic E-state index is -2.53. The molecule has 1 aliphatic rings. The number of Topliss-reactive ketones (excluding diaryl/α,β-unsaturated/α-hetero) is 1. The predicted molar refractivity (Wildman–Crippen MR) is 434 cm³/mol. The number of ketones is 1. The number of aliphatic hydroxyl groups is 1. The number of halogens is 1. The third-order valence-electron chi connectivity index (χ3n) is 19.4. The Kier molecular flexibility index (Phi) is 40.7. The highest BCUT2D eigenvalue weighted by atomic mass is 19.1. The number of carbonyl (C=O) groups is 21. The van der Waals surface area contributed by atoms with Gasteiger partial charge in [-0.2, -0.15) is 0 Å². The molecule has 4 unspecified atom stereocenters. The van der Waals surface area contributed by atoms with Crippen molar-refractivity contribution in [3.05, 3.63) is 95.4 Å². The molecular formula is C79H105FN18O27. The van der Waals surface area contributed by atoms with Crippen molar-refractivity contribution in [2.75, 3.05) is 37.7 Å². The van der Waals surface area contributed by atoms with E-state index in [0.29, 0.717) is 29.3 Å². The van der Waals surface area contributed by atoms with Gasteiger partial charge in [-0.15, -0.1) is 0 Å². The molecule has 3 aromatic carbocycles. The number of aromatic nitrogens is 1. The highest BCUT2D eigenvalue weighted by molar-refractivity contribution is 6.06. The fourth-order valence-electron chi connectivity index (χ4n) is 12.8. The molecule has 46 heteroatoms. The number of esters is 1. The van der Waals surface area contributed by atoms with Crippen LogP contribution < -0.4 is 91.6 Å². The Balaban J connectivity index is 1.64. The summed E-state index contributed by atoms with van der Waals surface area (Å²) in [7, 11) is 0. The summed E-state index contributed by atoms with van der Waals surface area (Å²) in [6.45, 7) is 0.543. The zero-order chi connectivity index (χ0) is 92.9. The number of H-pyrrole nitrogens is 1. The molecule has 15 amide bonds. The lowest BCUT2D eigenvalue weighted by molar-refractivity contribution is -0.156. The first kappa shape index (κ1) is 101. The van der Waals surface area contributed by atoms with Gasteiger partial charge in [-0.3, -0.25) is 95.9 Å². The Bertz CT molecular complexity index is 4620. The van der Waals surface area contributed by atoms with Crippen LogP contribution in [0, 0.1) is 11.7 Å². The van der Waals surface area contributed by atoms with Crippen LogP contribution in [0.5, 0.6) is 0 Å². The number of primary amides is 1. The van der Waals surface area contributed by atoms with Crippen LogP contribution in [0.2, 0.25) is 0 Å². The molecule has 45 nitrogen and oxygen atoms in total. The maximum absolute atomic E-state index is 15.0. The molecule has 0 spiro atoms. The molecule has 1 fully saturated rings. The summed E-state index contributed by atoms with van der Waals surface area (Å²) in [5.74, 6) is -32.9. The van der Waals surface area contributed by atoms with Crippen molar-refractivity contribution in [2.24, 2.45) is 11.7 Å². The lowest BCUT2D eigenvalue weighted by atomic mass is 9.96. The molecule has 5 rings (SSSR count). The standard InChI is InChI=1S/C79H105FN18O27/c1-5-6-7-8-9-10-11-25-58(102)90-49(28-41-34-85-47-23-15-13-18-42(41)47)72(117)93-50(30-57(83)101)73(118)95-53(33-64(111)112)74(119)98-67-40(4)125-79(124)54(29-56(100)43-19-12-14-21-45(43)81)96-78(123)66(38(2)27-61(105)106)97-75(120)55(37-99)91-60(104)35-86-69(114)51(31-62(107)108)92-68(113)39(3)88-71(116)52(32-63(109)110)94-70(115)48(89-59(103)36-87-77(67)122)24-17-26-84-76(121)65-44(80)20-16-22-46(65)82/h12-16,18-23,34,38-40,48-55,66-67,85,99H,5-11,17,24-33,35-37,81-82H2,1-4H3,(H2,83,101)(H,84,121)(H,86,114)(H,87,122)(H,88,116)(H,89,103)(H,90,102)(H,91,104)(H,92,113)(H,93,117)(H,94,115)(H,95,118)(H,96,123)(H,97,120)(H,98,119)(H,105,106)(H,107,108)(H,109,110)(H,111,112)/t38-,39-,40?,48+,49+,50+,51+,52?,53+,54+,55-,66?,67?/m1/s1. The first-order valence-corrected chi connectivity index (χ1v) is 39.7. The second-order valence-electron chi connectivity index (χ2n) is 29.4. The molecule has 125 heavy (non-hydrogen) atoms. The number of fused-ring (bicyclic) bond motifs is 1. The number of cyclic esters (lactones) is 1. The van der Waals surface area contributed by atoms with Gasteiger partial charge in [0.1, 0.15) is 78.4 Å². The molecule has 4 aromatic rings. The van der Waals surface area contributed by atoms with Crippen molar-refractivity contribution >= 4 is 147 Å². The number of carboxylic acids is 4. The predicted octanol–water partition coefficient (Wildman–Crippen LogP) is -4.43. The number of unbranched alkanes of at least 4 members (excludes halogenated alkanes) is 6. The van der Waals surface area contributed by atoms with Gasteiger partial charge in [-0.25, -0.2) is 9.18 Å². The Morgan fingerprint density at radius 3 is 1.71 bits per heavy atom. The fourth-order valence-corrected chi connectivity index (χ4v) is 12.8. The lowest BCUT2D eigenvalue weighted by Gasteiger charge is -2.30. The highest BCUT2D eigenvalue weighted by Crippen LogP contribution is 2.22. The second-order valence-corrected chi connectivity index (χ2v) is 29.4. The van der Waals surface area contributed by atoms with Gasteiger partial charge < -0.3 is 127 Å². The minimum Gasteiger partial charge on any atom is -0.481 e. The molecule has 680 valence electrons. The monoisotopic (exact) mass is 1760 g/mol. The van der Waals surface area contributed by atoms with Gasteiger partial charge in [0.2, 0.25) is 82.7 Å². The second kappa shape index (κ2) is 50.2. The molecule has 0 bridgehead atoms. The van der Waals surface area contributed by atoms with Crippen LogP contribution in [0.3, 0.4) is 0 Å². The molecule has 1 saturated heterocycles. The first-order chi connectivity index (χ1) is 59.1. The van der Waals surface area contributed by atoms with Crippen molar-refractivity contribution in [3.63, 3.8) is 0 Å². The summed E-state index contributed by atoms with van der Waals surface area (Å²) in [6, 6.07) is -8.15. The van der Waals surface area contributed by atoms with Crippen molar-refractivity contribution < 1.29 is 135 Å². The van der Waals surface area contributed by atoms with Crippen LogP contribution in [0.1, 0.15) is 157 Å². The highest BCUT2D eigenvalue weighted by Gasteiger charge is 2.41. The van der Waals surface area contributed by atoms with E-state index >= 15 is 0 Å². The van der Waals surface area contributed by atoms with Gasteiger partial charge in [0, 0.05) is 59.8 Å². The third kappa shape index (κ3) is 33.6. The zero-order valence-electron chi connectivity index (χ0n) is 68.6. The quantitative estimate of drug-likeness (QED) is 0.00877. The number of aliphatic carboxylic acids is 4. The number of carboxylic acid groups (broad SMARTS) is 4.